The first-order chi connectivity index (χ1) is 10.7. The summed E-state index contributed by atoms with van der Waals surface area (Å²) in [6.45, 7) is 3.40. The van der Waals surface area contributed by atoms with Crippen LogP contribution in [0.5, 0.6) is 0 Å². The molecule has 1 saturated heterocycles. The van der Waals surface area contributed by atoms with Crippen LogP contribution in [0.15, 0.2) is 42.5 Å². The molecule has 0 aromatic heterocycles. The van der Waals surface area contributed by atoms with E-state index in [0.717, 1.165) is 18.6 Å². The van der Waals surface area contributed by atoms with Crippen molar-refractivity contribution in [2.45, 2.75) is 25.5 Å². The molecule has 0 unspecified atom stereocenters. The van der Waals surface area contributed by atoms with Crippen LogP contribution in [0.25, 0.3) is 10.8 Å². The van der Waals surface area contributed by atoms with Crippen molar-refractivity contribution in [3.63, 3.8) is 0 Å². The molecule has 116 valence electrons. The number of fused-ring (bicyclic) bond motifs is 1. The van der Waals surface area contributed by atoms with E-state index in [2.05, 4.69) is 29.6 Å². The third kappa shape index (κ3) is 3.46. The molecule has 1 heterocycles. The van der Waals surface area contributed by atoms with E-state index in [-0.39, 0.29) is 24.7 Å². The standard InChI is InChI=1S/C18H21NO3/c1-13(19-18(20)12-22-15-9-10-21-11-15)16-8-4-6-14-5-2-3-7-17(14)16/h2-8,13,15H,9-12H2,1H3,(H,19,20)/t13-,15-/m0/s1. The van der Waals surface area contributed by atoms with Crippen LogP contribution >= 0.6 is 0 Å². The number of hydrogen-bond acceptors (Lipinski definition) is 3. The van der Waals surface area contributed by atoms with E-state index in [1.165, 1.54) is 10.8 Å². The molecule has 1 aliphatic rings. The fraction of sp³-hybridized carbons (Fsp3) is 0.389. The van der Waals surface area contributed by atoms with Gasteiger partial charge in [-0.3, -0.25) is 4.79 Å². The molecule has 1 aliphatic heterocycles. The second kappa shape index (κ2) is 6.90. The Morgan fingerprint density at radius 2 is 2.14 bits per heavy atom. The van der Waals surface area contributed by atoms with Gasteiger partial charge < -0.3 is 14.8 Å². The van der Waals surface area contributed by atoms with E-state index >= 15 is 0 Å². The maximum absolute atomic E-state index is 12.0. The lowest BCUT2D eigenvalue weighted by Crippen LogP contribution is -2.32. The molecule has 4 nitrogen and oxygen atoms in total. The number of ether oxygens (including phenoxy) is 2. The van der Waals surface area contributed by atoms with Gasteiger partial charge in [-0.1, -0.05) is 42.5 Å². The van der Waals surface area contributed by atoms with Crippen molar-refractivity contribution < 1.29 is 14.3 Å². The number of rotatable bonds is 5. The van der Waals surface area contributed by atoms with Crippen molar-refractivity contribution in [3.8, 4) is 0 Å². The molecule has 0 bridgehead atoms. The number of carbonyl (C=O) groups is 1. The summed E-state index contributed by atoms with van der Waals surface area (Å²) in [5, 5.41) is 5.36. The van der Waals surface area contributed by atoms with Crippen LogP contribution in [0, 0.1) is 0 Å². The van der Waals surface area contributed by atoms with Crippen LogP contribution in [0.2, 0.25) is 0 Å². The molecule has 1 N–H and O–H groups in total. The summed E-state index contributed by atoms with van der Waals surface area (Å²) < 4.78 is 10.8. The van der Waals surface area contributed by atoms with Crippen molar-refractivity contribution in [1.29, 1.82) is 0 Å². The Morgan fingerprint density at radius 3 is 2.95 bits per heavy atom. The summed E-state index contributed by atoms with van der Waals surface area (Å²) in [6.07, 6.45) is 0.921. The maximum atomic E-state index is 12.0. The predicted molar refractivity (Wildman–Crippen MR) is 85.7 cm³/mol. The summed E-state index contributed by atoms with van der Waals surface area (Å²) in [6, 6.07) is 14.3. The van der Waals surface area contributed by atoms with Gasteiger partial charge in [-0.25, -0.2) is 0 Å². The minimum atomic E-state index is -0.0904. The zero-order chi connectivity index (χ0) is 15.4. The highest BCUT2D eigenvalue weighted by atomic mass is 16.5. The zero-order valence-electron chi connectivity index (χ0n) is 12.7. The van der Waals surface area contributed by atoms with E-state index in [9.17, 15) is 4.79 Å². The van der Waals surface area contributed by atoms with Crippen LogP contribution in [0.1, 0.15) is 24.9 Å². The number of hydrogen-bond donors (Lipinski definition) is 1. The quantitative estimate of drug-likeness (QED) is 0.923. The van der Waals surface area contributed by atoms with Crippen molar-refractivity contribution in [1.82, 2.24) is 5.32 Å². The molecule has 2 aromatic rings. The Hall–Kier alpha value is -1.91. The topological polar surface area (TPSA) is 47.6 Å². The molecule has 0 spiro atoms. The third-order valence-corrected chi connectivity index (χ3v) is 4.01. The lowest BCUT2D eigenvalue weighted by molar-refractivity contribution is -0.128. The van der Waals surface area contributed by atoms with Crippen LogP contribution in [-0.2, 0) is 14.3 Å². The van der Waals surface area contributed by atoms with Crippen LogP contribution in [-0.4, -0.2) is 31.8 Å². The summed E-state index contributed by atoms with van der Waals surface area (Å²) in [4.78, 5) is 12.0. The molecule has 3 rings (SSSR count). The molecule has 1 amide bonds. The molecule has 22 heavy (non-hydrogen) atoms. The predicted octanol–water partition coefficient (Wildman–Crippen LogP) is 2.82. The molecule has 1 fully saturated rings. The van der Waals surface area contributed by atoms with Crippen molar-refractivity contribution in [2.24, 2.45) is 0 Å². The lowest BCUT2D eigenvalue weighted by atomic mass is 10.00. The van der Waals surface area contributed by atoms with Gasteiger partial charge in [-0.2, -0.15) is 0 Å². The van der Waals surface area contributed by atoms with Gasteiger partial charge in [0.2, 0.25) is 5.91 Å². The highest BCUT2D eigenvalue weighted by Crippen LogP contribution is 2.23. The summed E-state index contributed by atoms with van der Waals surface area (Å²) >= 11 is 0. The molecule has 0 aliphatic carbocycles. The van der Waals surface area contributed by atoms with E-state index < -0.39 is 0 Å². The second-order valence-electron chi connectivity index (χ2n) is 5.65. The minimum absolute atomic E-state index is 0.0537. The lowest BCUT2D eigenvalue weighted by Gasteiger charge is -2.17. The number of benzene rings is 2. The summed E-state index contributed by atoms with van der Waals surface area (Å²) in [7, 11) is 0. The summed E-state index contributed by atoms with van der Waals surface area (Å²) in [5.41, 5.74) is 1.12. The van der Waals surface area contributed by atoms with Crippen molar-refractivity contribution in [2.75, 3.05) is 19.8 Å². The second-order valence-corrected chi connectivity index (χ2v) is 5.65. The van der Waals surface area contributed by atoms with E-state index in [0.29, 0.717) is 6.61 Å². The highest BCUT2D eigenvalue weighted by Gasteiger charge is 2.18. The van der Waals surface area contributed by atoms with Gasteiger partial charge in [-0.15, -0.1) is 0 Å². The molecule has 4 heteroatoms. The normalized spacial score (nSPS) is 19.2. The van der Waals surface area contributed by atoms with Gasteiger partial charge in [0.15, 0.2) is 0 Å². The van der Waals surface area contributed by atoms with E-state index in [1.807, 2.05) is 25.1 Å². The van der Waals surface area contributed by atoms with Gasteiger partial charge in [-0.05, 0) is 29.7 Å². The average Bonchev–Trinajstić information content (AvgIpc) is 3.06. The average molecular weight is 299 g/mol. The smallest absolute Gasteiger partial charge is 0.246 e. The monoisotopic (exact) mass is 299 g/mol. The van der Waals surface area contributed by atoms with Gasteiger partial charge in [0.1, 0.15) is 6.61 Å². The minimum Gasteiger partial charge on any atom is -0.379 e. The van der Waals surface area contributed by atoms with Crippen LogP contribution < -0.4 is 5.32 Å². The Balaban J connectivity index is 1.62. The molecule has 2 atom stereocenters. The Labute approximate surface area is 130 Å². The molecular weight excluding hydrogens is 278 g/mol. The van der Waals surface area contributed by atoms with Crippen LogP contribution in [0.3, 0.4) is 0 Å². The number of amides is 1. The Bertz CT molecular complexity index is 644. The molecular formula is C18H21NO3. The van der Waals surface area contributed by atoms with Gasteiger partial charge in [0.25, 0.3) is 0 Å². The largest absolute Gasteiger partial charge is 0.379 e. The van der Waals surface area contributed by atoms with Gasteiger partial charge >= 0.3 is 0 Å². The molecule has 2 aromatic carbocycles. The number of carbonyl (C=O) groups excluding carboxylic acids is 1. The van der Waals surface area contributed by atoms with E-state index in [1.54, 1.807) is 0 Å². The third-order valence-electron chi connectivity index (χ3n) is 4.01. The fourth-order valence-electron chi connectivity index (χ4n) is 2.83. The SMILES string of the molecule is C[C@H](NC(=O)CO[C@H]1CCOC1)c1cccc2ccccc12. The summed E-state index contributed by atoms with van der Waals surface area (Å²) in [5.74, 6) is -0.0904. The van der Waals surface area contributed by atoms with Crippen LogP contribution in [0.4, 0.5) is 0 Å². The molecule has 0 radical (unpaired) electrons. The van der Waals surface area contributed by atoms with Gasteiger partial charge in [0, 0.05) is 6.61 Å². The van der Waals surface area contributed by atoms with E-state index in [4.69, 9.17) is 9.47 Å². The van der Waals surface area contributed by atoms with Gasteiger partial charge in [0.05, 0.1) is 18.8 Å². The first-order valence-electron chi connectivity index (χ1n) is 7.70. The first-order valence-corrected chi connectivity index (χ1v) is 7.70. The highest BCUT2D eigenvalue weighted by molar-refractivity contribution is 5.87. The maximum Gasteiger partial charge on any atom is 0.246 e. The zero-order valence-corrected chi connectivity index (χ0v) is 12.7. The number of nitrogens with one attached hydrogen (secondary N) is 1. The Kier molecular flexibility index (Phi) is 4.71. The van der Waals surface area contributed by atoms with Crippen molar-refractivity contribution >= 4 is 16.7 Å². The first kappa shape index (κ1) is 15.0. The van der Waals surface area contributed by atoms with Crippen molar-refractivity contribution in [3.05, 3.63) is 48.0 Å². The fourth-order valence-corrected chi connectivity index (χ4v) is 2.83. The molecule has 0 saturated carbocycles. The Morgan fingerprint density at radius 1 is 1.32 bits per heavy atom.